The lowest BCUT2D eigenvalue weighted by Gasteiger charge is -2.12. The number of hydrazine groups is 1. The highest BCUT2D eigenvalue weighted by Crippen LogP contribution is 2.25. The van der Waals surface area contributed by atoms with E-state index >= 15 is 0 Å². The minimum atomic E-state index is -0.471. The molecule has 0 spiro atoms. The fourth-order valence-corrected chi connectivity index (χ4v) is 2.66. The Kier molecular flexibility index (Phi) is 5.56. The fraction of sp³-hybridized carbons (Fsp3) is 0.143. The van der Waals surface area contributed by atoms with Crippen LogP contribution < -0.4 is 20.3 Å². The highest BCUT2D eigenvalue weighted by Gasteiger charge is 2.14. The molecule has 2 amide bonds. The van der Waals surface area contributed by atoms with Crippen LogP contribution in [-0.2, 0) is 4.79 Å². The van der Waals surface area contributed by atoms with E-state index < -0.39 is 11.8 Å². The third-order valence-electron chi connectivity index (χ3n) is 4.08. The molecule has 0 bridgehead atoms. The molecule has 138 valence electrons. The molecule has 3 rings (SSSR count). The van der Waals surface area contributed by atoms with Gasteiger partial charge in [0.05, 0.1) is 12.7 Å². The quantitative estimate of drug-likeness (QED) is 0.683. The molecule has 0 aromatic heterocycles. The van der Waals surface area contributed by atoms with Gasteiger partial charge in [-0.25, -0.2) is 0 Å². The van der Waals surface area contributed by atoms with Gasteiger partial charge in [-0.3, -0.25) is 20.4 Å². The van der Waals surface area contributed by atoms with Crippen LogP contribution in [0.5, 0.6) is 11.5 Å². The summed E-state index contributed by atoms with van der Waals surface area (Å²) in [7, 11) is 1.50. The number of amides is 2. The zero-order chi connectivity index (χ0) is 19.2. The summed E-state index contributed by atoms with van der Waals surface area (Å²) >= 11 is 0. The number of hydrogen-bond acceptors (Lipinski definition) is 4. The van der Waals surface area contributed by atoms with Crippen LogP contribution in [0.2, 0.25) is 0 Å². The third kappa shape index (κ3) is 4.36. The number of methoxy groups -OCH3 is 1. The van der Waals surface area contributed by atoms with Crippen molar-refractivity contribution in [3.63, 3.8) is 0 Å². The molecular weight excluding hydrogens is 344 g/mol. The van der Waals surface area contributed by atoms with Gasteiger partial charge in [0, 0.05) is 0 Å². The average Bonchev–Trinajstić information content (AvgIpc) is 2.70. The van der Waals surface area contributed by atoms with E-state index in [0.29, 0.717) is 17.1 Å². The first-order valence-electron chi connectivity index (χ1n) is 8.43. The second-order valence-corrected chi connectivity index (χ2v) is 5.96. The zero-order valence-corrected chi connectivity index (χ0v) is 15.1. The summed E-state index contributed by atoms with van der Waals surface area (Å²) in [6, 6.07) is 18.5. The normalized spacial score (nSPS) is 10.3. The molecule has 0 saturated heterocycles. The maximum atomic E-state index is 12.5. The van der Waals surface area contributed by atoms with Crippen molar-refractivity contribution in [1.29, 1.82) is 0 Å². The van der Waals surface area contributed by atoms with Crippen molar-refractivity contribution < 1.29 is 19.1 Å². The number of aryl methyl sites for hydroxylation is 1. The largest absolute Gasteiger partial charge is 0.496 e. The lowest BCUT2D eigenvalue weighted by Crippen LogP contribution is -2.44. The van der Waals surface area contributed by atoms with Crippen LogP contribution >= 0.6 is 0 Å². The van der Waals surface area contributed by atoms with Crippen molar-refractivity contribution in [3.8, 4) is 11.5 Å². The second-order valence-electron chi connectivity index (χ2n) is 5.96. The van der Waals surface area contributed by atoms with Gasteiger partial charge in [0.2, 0.25) is 0 Å². The molecule has 0 unspecified atom stereocenters. The zero-order valence-electron chi connectivity index (χ0n) is 15.1. The van der Waals surface area contributed by atoms with Crippen LogP contribution in [0.3, 0.4) is 0 Å². The Morgan fingerprint density at radius 3 is 2.26 bits per heavy atom. The Hall–Kier alpha value is -3.54. The number of para-hydroxylation sites is 1. The van der Waals surface area contributed by atoms with Crippen LogP contribution in [0.4, 0.5) is 0 Å². The highest BCUT2D eigenvalue weighted by atomic mass is 16.5. The molecule has 27 heavy (non-hydrogen) atoms. The monoisotopic (exact) mass is 364 g/mol. The minimum absolute atomic E-state index is 0.208. The van der Waals surface area contributed by atoms with Crippen LogP contribution in [0.25, 0.3) is 10.8 Å². The van der Waals surface area contributed by atoms with Crippen LogP contribution in [0.15, 0.2) is 60.7 Å². The smallest absolute Gasteiger partial charge is 0.276 e. The molecule has 3 aromatic carbocycles. The maximum Gasteiger partial charge on any atom is 0.276 e. The van der Waals surface area contributed by atoms with Gasteiger partial charge in [-0.1, -0.05) is 42.5 Å². The van der Waals surface area contributed by atoms with E-state index in [2.05, 4.69) is 10.9 Å². The van der Waals surface area contributed by atoms with Crippen molar-refractivity contribution in [1.82, 2.24) is 10.9 Å². The van der Waals surface area contributed by atoms with Gasteiger partial charge in [0.1, 0.15) is 11.5 Å². The molecule has 0 aliphatic heterocycles. The number of rotatable bonds is 5. The molecule has 2 N–H and O–H groups in total. The Morgan fingerprint density at radius 1 is 0.889 bits per heavy atom. The summed E-state index contributed by atoms with van der Waals surface area (Å²) in [5.74, 6) is 0.111. The molecule has 3 aromatic rings. The summed E-state index contributed by atoms with van der Waals surface area (Å²) in [5.41, 5.74) is 6.00. The highest BCUT2D eigenvalue weighted by molar-refractivity contribution is 6.02. The number of hydrogen-bond donors (Lipinski definition) is 2. The minimum Gasteiger partial charge on any atom is -0.496 e. The lowest BCUT2D eigenvalue weighted by molar-refractivity contribution is -0.123. The molecule has 0 saturated carbocycles. The van der Waals surface area contributed by atoms with Crippen molar-refractivity contribution >= 4 is 22.6 Å². The number of carbonyl (C=O) groups excluding carboxylic acids is 2. The maximum absolute atomic E-state index is 12.5. The van der Waals surface area contributed by atoms with Crippen LogP contribution in [-0.4, -0.2) is 25.5 Å². The Morgan fingerprint density at radius 2 is 1.56 bits per heavy atom. The van der Waals surface area contributed by atoms with Crippen molar-refractivity contribution in [2.24, 2.45) is 0 Å². The van der Waals surface area contributed by atoms with Gasteiger partial charge in [0.15, 0.2) is 6.61 Å². The first-order valence-corrected chi connectivity index (χ1v) is 8.43. The molecule has 0 atom stereocenters. The van der Waals surface area contributed by atoms with Gasteiger partial charge in [0.25, 0.3) is 11.8 Å². The van der Waals surface area contributed by atoms with E-state index in [-0.39, 0.29) is 6.61 Å². The second kappa shape index (κ2) is 8.23. The van der Waals surface area contributed by atoms with Gasteiger partial charge < -0.3 is 9.47 Å². The molecule has 0 radical (unpaired) electrons. The van der Waals surface area contributed by atoms with Crippen molar-refractivity contribution in [3.05, 3.63) is 71.8 Å². The van der Waals surface area contributed by atoms with Crippen molar-refractivity contribution in [2.45, 2.75) is 6.92 Å². The van der Waals surface area contributed by atoms with Gasteiger partial charge in [-0.05, 0) is 41.5 Å². The number of fused-ring (bicyclic) bond motifs is 1. The first kappa shape index (κ1) is 18.3. The molecule has 6 nitrogen and oxygen atoms in total. The predicted octanol–water partition coefficient (Wildman–Crippen LogP) is 3.00. The topological polar surface area (TPSA) is 76.7 Å². The van der Waals surface area contributed by atoms with E-state index in [1.54, 1.807) is 18.2 Å². The van der Waals surface area contributed by atoms with Crippen LogP contribution in [0, 0.1) is 6.92 Å². The SMILES string of the molecule is COc1cc2ccccc2cc1C(=O)NNC(=O)COc1ccccc1C. The number of nitrogens with one attached hydrogen (secondary N) is 2. The first-order chi connectivity index (χ1) is 13.1. The Labute approximate surface area is 157 Å². The fourth-order valence-electron chi connectivity index (χ4n) is 2.66. The molecular formula is C21H20N2O4. The van der Waals surface area contributed by atoms with E-state index in [9.17, 15) is 9.59 Å². The molecule has 0 fully saturated rings. The van der Waals surface area contributed by atoms with E-state index in [4.69, 9.17) is 9.47 Å². The average molecular weight is 364 g/mol. The number of benzene rings is 3. The van der Waals surface area contributed by atoms with E-state index in [1.807, 2.05) is 49.4 Å². The Bertz CT molecular complexity index is 985. The summed E-state index contributed by atoms with van der Waals surface area (Å²) in [6.07, 6.45) is 0. The summed E-state index contributed by atoms with van der Waals surface area (Å²) < 4.78 is 10.8. The summed E-state index contributed by atoms with van der Waals surface area (Å²) in [5, 5.41) is 1.86. The molecule has 0 aliphatic carbocycles. The standard InChI is InChI=1S/C21H20N2O4/c1-14-7-3-6-10-18(14)27-13-20(24)22-23-21(25)17-11-15-8-4-5-9-16(15)12-19(17)26-2/h3-12H,13H2,1-2H3,(H,22,24)(H,23,25). The predicted molar refractivity (Wildman–Crippen MR) is 103 cm³/mol. The molecule has 0 aliphatic rings. The Balaban J connectivity index is 1.62. The lowest BCUT2D eigenvalue weighted by atomic mass is 10.1. The van der Waals surface area contributed by atoms with Gasteiger partial charge in [-0.15, -0.1) is 0 Å². The number of carbonyl (C=O) groups is 2. The van der Waals surface area contributed by atoms with Gasteiger partial charge >= 0.3 is 0 Å². The van der Waals surface area contributed by atoms with Crippen LogP contribution in [0.1, 0.15) is 15.9 Å². The third-order valence-corrected chi connectivity index (χ3v) is 4.08. The van der Waals surface area contributed by atoms with E-state index in [1.165, 1.54) is 7.11 Å². The van der Waals surface area contributed by atoms with Crippen molar-refractivity contribution in [2.75, 3.05) is 13.7 Å². The summed E-state index contributed by atoms with van der Waals surface area (Å²) in [6.45, 7) is 1.68. The molecule has 6 heteroatoms. The van der Waals surface area contributed by atoms with E-state index in [0.717, 1.165) is 16.3 Å². The number of ether oxygens (including phenoxy) is 2. The molecule has 0 heterocycles. The summed E-state index contributed by atoms with van der Waals surface area (Å²) in [4.78, 5) is 24.4. The van der Waals surface area contributed by atoms with Gasteiger partial charge in [-0.2, -0.15) is 0 Å².